The maximum atomic E-state index is 6.09. The van der Waals surface area contributed by atoms with E-state index in [1.54, 1.807) is 0 Å². The molecule has 1 fully saturated rings. The Morgan fingerprint density at radius 3 is 2.86 bits per heavy atom. The highest BCUT2D eigenvalue weighted by molar-refractivity contribution is 6.35. The Labute approximate surface area is 87.3 Å². The second-order valence-corrected chi connectivity index (χ2v) is 4.17. The highest BCUT2D eigenvalue weighted by Crippen LogP contribution is 2.31. The molecule has 14 heavy (non-hydrogen) atoms. The molecular formula is C11H11ClN2. The lowest BCUT2D eigenvalue weighted by Gasteiger charge is -2.26. The van der Waals surface area contributed by atoms with Crippen molar-refractivity contribution in [2.75, 3.05) is 13.1 Å². The number of rotatable bonds is 1. The number of aromatic amines is 1. The van der Waals surface area contributed by atoms with Gasteiger partial charge >= 0.3 is 0 Å². The molecule has 0 unspecified atom stereocenters. The third kappa shape index (κ3) is 1.08. The Morgan fingerprint density at radius 1 is 1.29 bits per heavy atom. The van der Waals surface area contributed by atoms with Crippen molar-refractivity contribution in [3.8, 4) is 0 Å². The van der Waals surface area contributed by atoms with E-state index in [1.807, 2.05) is 12.1 Å². The zero-order valence-corrected chi connectivity index (χ0v) is 8.43. The zero-order valence-electron chi connectivity index (χ0n) is 7.68. The van der Waals surface area contributed by atoms with Gasteiger partial charge in [-0.2, -0.15) is 0 Å². The van der Waals surface area contributed by atoms with E-state index in [1.165, 1.54) is 10.9 Å². The summed E-state index contributed by atoms with van der Waals surface area (Å²) in [5.74, 6) is 0.655. The molecule has 3 rings (SSSR count). The molecule has 1 aliphatic heterocycles. The van der Waals surface area contributed by atoms with Gasteiger partial charge in [-0.3, -0.25) is 0 Å². The number of nitrogens with one attached hydrogen (secondary N) is 2. The van der Waals surface area contributed by atoms with Crippen LogP contribution in [0.25, 0.3) is 10.9 Å². The summed E-state index contributed by atoms with van der Waals surface area (Å²) in [7, 11) is 0. The fourth-order valence-corrected chi connectivity index (χ4v) is 2.21. The van der Waals surface area contributed by atoms with E-state index in [4.69, 9.17) is 11.6 Å². The number of hydrogen-bond donors (Lipinski definition) is 2. The monoisotopic (exact) mass is 206 g/mol. The summed E-state index contributed by atoms with van der Waals surface area (Å²) in [6.45, 7) is 2.17. The minimum Gasteiger partial charge on any atom is -0.360 e. The maximum absolute atomic E-state index is 6.09. The smallest absolute Gasteiger partial charge is 0.0647 e. The van der Waals surface area contributed by atoms with Gasteiger partial charge in [-0.05, 0) is 11.6 Å². The average Bonchev–Trinajstić information content (AvgIpc) is 2.48. The van der Waals surface area contributed by atoms with Crippen molar-refractivity contribution in [1.29, 1.82) is 0 Å². The van der Waals surface area contributed by atoms with Crippen LogP contribution < -0.4 is 5.32 Å². The summed E-state index contributed by atoms with van der Waals surface area (Å²) in [5, 5.41) is 5.36. The van der Waals surface area contributed by atoms with Gasteiger partial charge in [0.15, 0.2) is 0 Å². The van der Waals surface area contributed by atoms with Crippen molar-refractivity contribution in [1.82, 2.24) is 10.3 Å². The minimum atomic E-state index is 0.655. The molecule has 72 valence electrons. The first-order valence-electron chi connectivity index (χ1n) is 4.82. The molecule has 1 saturated heterocycles. The third-order valence-electron chi connectivity index (χ3n) is 2.92. The molecule has 0 spiro atoms. The molecule has 0 radical (unpaired) electrons. The maximum Gasteiger partial charge on any atom is 0.0647 e. The molecule has 0 saturated carbocycles. The molecule has 0 amide bonds. The van der Waals surface area contributed by atoms with Crippen LogP contribution in [0.2, 0.25) is 5.02 Å². The summed E-state index contributed by atoms with van der Waals surface area (Å²) >= 11 is 6.09. The van der Waals surface area contributed by atoms with Crippen LogP contribution in [0.3, 0.4) is 0 Å². The van der Waals surface area contributed by atoms with Crippen LogP contribution >= 0.6 is 11.6 Å². The Balaban J connectivity index is 2.20. The Hall–Kier alpha value is -0.990. The minimum absolute atomic E-state index is 0.655. The quantitative estimate of drug-likeness (QED) is 0.738. The van der Waals surface area contributed by atoms with E-state index in [0.717, 1.165) is 23.6 Å². The summed E-state index contributed by atoms with van der Waals surface area (Å²) in [6, 6.07) is 6.06. The SMILES string of the molecule is Clc1cccc2c(C3CNC3)c[nH]c12. The van der Waals surface area contributed by atoms with Crippen LogP contribution in [0.15, 0.2) is 24.4 Å². The van der Waals surface area contributed by atoms with Crippen LogP contribution in [-0.2, 0) is 0 Å². The van der Waals surface area contributed by atoms with Crippen LogP contribution in [0.4, 0.5) is 0 Å². The topological polar surface area (TPSA) is 27.8 Å². The number of H-pyrrole nitrogens is 1. The lowest BCUT2D eigenvalue weighted by atomic mass is 9.93. The standard InChI is InChI=1S/C11H11ClN2/c12-10-3-1-2-8-9(6-14-11(8)10)7-4-13-5-7/h1-3,6-7,13-14H,4-5H2. The predicted octanol–water partition coefficient (Wildman–Crippen LogP) is 2.51. The third-order valence-corrected chi connectivity index (χ3v) is 3.23. The van der Waals surface area contributed by atoms with Gasteiger partial charge in [0, 0.05) is 30.6 Å². The molecule has 0 aliphatic carbocycles. The first-order chi connectivity index (χ1) is 6.86. The summed E-state index contributed by atoms with van der Waals surface area (Å²) in [4.78, 5) is 3.25. The van der Waals surface area contributed by atoms with Gasteiger partial charge in [0.05, 0.1) is 10.5 Å². The second-order valence-electron chi connectivity index (χ2n) is 3.76. The lowest BCUT2D eigenvalue weighted by molar-refractivity contribution is 0.451. The van der Waals surface area contributed by atoms with Crippen molar-refractivity contribution in [3.05, 3.63) is 35.0 Å². The van der Waals surface area contributed by atoms with Crippen molar-refractivity contribution >= 4 is 22.5 Å². The van der Waals surface area contributed by atoms with Crippen LogP contribution in [0.5, 0.6) is 0 Å². The fourth-order valence-electron chi connectivity index (χ4n) is 1.99. The van der Waals surface area contributed by atoms with Gasteiger partial charge < -0.3 is 10.3 Å². The van der Waals surface area contributed by atoms with E-state index in [2.05, 4.69) is 22.6 Å². The highest BCUT2D eigenvalue weighted by Gasteiger charge is 2.21. The van der Waals surface area contributed by atoms with Gasteiger partial charge in [-0.15, -0.1) is 0 Å². The number of hydrogen-bond acceptors (Lipinski definition) is 1. The van der Waals surface area contributed by atoms with E-state index in [9.17, 15) is 0 Å². The number of benzene rings is 1. The molecule has 2 nitrogen and oxygen atoms in total. The molecule has 1 aliphatic rings. The van der Waals surface area contributed by atoms with Crippen molar-refractivity contribution < 1.29 is 0 Å². The van der Waals surface area contributed by atoms with Crippen molar-refractivity contribution in [3.63, 3.8) is 0 Å². The molecule has 0 bridgehead atoms. The Morgan fingerprint density at radius 2 is 2.14 bits per heavy atom. The number of halogens is 1. The summed E-state index contributed by atoms with van der Waals surface area (Å²) in [5.41, 5.74) is 2.46. The summed E-state index contributed by atoms with van der Waals surface area (Å²) < 4.78 is 0. The Bertz CT molecular complexity index is 471. The number of para-hydroxylation sites is 1. The largest absolute Gasteiger partial charge is 0.360 e. The van der Waals surface area contributed by atoms with E-state index in [-0.39, 0.29) is 0 Å². The van der Waals surface area contributed by atoms with Gasteiger partial charge in [-0.1, -0.05) is 23.7 Å². The molecule has 0 atom stereocenters. The van der Waals surface area contributed by atoms with Crippen LogP contribution in [0, 0.1) is 0 Å². The van der Waals surface area contributed by atoms with Crippen molar-refractivity contribution in [2.24, 2.45) is 0 Å². The molecule has 2 aromatic rings. The average molecular weight is 207 g/mol. The molecule has 3 heteroatoms. The molecular weight excluding hydrogens is 196 g/mol. The molecule has 2 N–H and O–H groups in total. The van der Waals surface area contributed by atoms with Gasteiger partial charge in [0.2, 0.25) is 0 Å². The van der Waals surface area contributed by atoms with E-state index >= 15 is 0 Å². The first kappa shape index (κ1) is 8.33. The van der Waals surface area contributed by atoms with Crippen molar-refractivity contribution in [2.45, 2.75) is 5.92 Å². The van der Waals surface area contributed by atoms with Gasteiger partial charge in [-0.25, -0.2) is 0 Å². The zero-order chi connectivity index (χ0) is 9.54. The first-order valence-corrected chi connectivity index (χ1v) is 5.20. The normalized spacial score (nSPS) is 17.2. The predicted molar refractivity (Wildman–Crippen MR) is 58.9 cm³/mol. The lowest BCUT2D eigenvalue weighted by Crippen LogP contribution is -2.39. The summed E-state index contributed by atoms with van der Waals surface area (Å²) in [6.07, 6.45) is 2.09. The van der Waals surface area contributed by atoms with Crippen LogP contribution in [0.1, 0.15) is 11.5 Å². The Kier molecular flexibility index (Phi) is 1.79. The van der Waals surface area contributed by atoms with Gasteiger partial charge in [0.25, 0.3) is 0 Å². The molecule has 1 aromatic carbocycles. The molecule has 2 heterocycles. The second kappa shape index (κ2) is 3.01. The van der Waals surface area contributed by atoms with Gasteiger partial charge in [0.1, 0.15) is 0 Å². The number of fused-ring (bicyclic) bond motifs is 1. The highest BCUT2D eigenvalue weighted by atomic mass is 35.5. The van der Waals surface area contributed by atoms with E-state index < -0.39 is 0 Å². The van der Waals surface area contributed by atoms with E-state index in [0.29, 0.717) is 5.92 Å². The van der Waals surface area contributed by atoms with Crippen LogP contribution in [-0.4, -0.2) is 18.1 Å². The molecule has 1 aromatic heterocycles. The number of aromatic nitrogens is 1. The fraction of sp³-hybridized carbons (Fsp3) is 0.273.